The molecule has 0 bridgehead atoms. The molecule has 1 heterocycles. The fraction of sp³-hybridized carbons (Fsp3) is 0.409. The van der Waals surface area contributed by atoms with Crippen LogP contribution in [0.4, 0.5) is 10.7 Å². The number of ether oxygens (including phenoxy) is 1. The summed E-state index contributed by atoms with van der Waals surface area (Å²) in [6.07, 6.45) is 5.80. The molecule has 0 unspecified atom stereocenters. The molecule has 1 aliphatic rings. The minimum absolute atomic E-state index is 0.0285. The van der Waals surface area contributed by atoms with Gasteiger partial charge in [-0.2, -0.15) is 0 Å². The molecule has 9 heteroatoms. The van der Waals surface area contributed by atoms with Gasteiger partial charge < -0.3 is 15.4 Å². The average molecular weight is 462 g/mol. The van der Waals surface area contributed by atoms with E-state index in [-0.39, 0.29) is 24.9 Å². The first-order chi connectivity index (χ1) is 14.9. The number of thiophene rings is 1. The lowest BCUT2D eigenvalue weighted by atomic mass is 9.95. The molecular weight excluding hydrogens is 434 g/mol. The van der Waals surface area contributed by atoms with Gasteiger partial charge in [-0.15, -0.1) is 23.1 Å². The van der Waals surface area contributed by atoms with E-state index in [1.54, 1.807) is 23.7 Å². The summed E-state index contributed by atoms with van der Waals surface area (Å²) in [7, 11) is 3.06. The maximum atomic E-state index is 12.6. The highest BCUT2D eigenvalue weighted by atomic mass is 32.2. The summed E-state index contributed by atoms with van der Waals surface area (Å²) in [5, 5.41) is 6.28. The zero-order valence-corrected chi connectivity index (χ0v) is 19.6. The van der Waals surface area contributed by atoms with Gasteiger partial charge in [0.25, 0.3) is 0 Å². The van der Waals surface area contributed by atoms with Crippen molar-refractivity contribution < 1.29 is 19.1 Å². The molecule has 2 amide bonds. The van der Waals surface area contributed by atoms with Crippen molar-refractivity contribution >= 4 is 51.6 Å². The van der Waals surface area contributed by atoms with Crippen molar-refractivity contribution in [3.05, 3.63) is 40.3 Å². The van der Waals surface area contributed by atoms with E-state index in [9.17, 15) is 14.4 Å². The summed E-state index contributed by atoms with van der Waals surface area (Å²) in [6, 6.07) is 7.58. The Morgan fingerprint density at radius 1 is 1.10 bits per heavy atom. The van der Waals surface area contributed by atoms with Gasteiger partial charge >= 0.3 is 5.97 Å². The Morgan fingerprint density at radius 3 is 2.48 bits per heavy atom. The Kier molecular flexibility index (Phi) is 8.11. The second-order valence-electron chi connectivity index (χ2n) is 7.38. The number of methoxy groups -OCH3 is 1. The van der Waals surface area contributed by atoms with Gasteiger partial charge in [0, 0.05) is 9.77 Å². The molecule has 1 aliphatic carbocycles. The predicted molar refractivity (Wildman–Crippen MR) is 125 cm³/mol. The van der Waals surface area contributed by atoms with Crippen LogP contribution in [0.5, 0.6) is 0 Å². The van der Waals surface area contributed by atoms with E-state index in [0.29, 0.717) is 10.6 Å². The number of thioether (sulfide) groups is 1. The van der Waals surface area contributed by atoms with E-state index in [2.05, 4.69) is 10.6 Å². The van der Waals surface area contributed by atoms with Crippen molar-refractivity contribution in [1.29, 1.82) is 0 Å². The van der Waals surface area contributed by atoms with Crippen molar-refractivity contribution in [2.45, 2.75) is 30.6 Å². The largest absolute Gasteiger partial charge is 0.465 e. The van der Waals surface area contributed by atoms with Crippen LogP contribution in [0.1, 0.15) is 33.6 Å². The van der Waals surface area contributed by atoms with E-state index in [0.717, 1.165) is 46.7 Å². The molecule has 1 aromatic heterocycles. The highest BCUT2D eigenvalue weighted by Gasteiger charge is 2.27. The van der Waals surface area contributed by atoms with Crippen molar-refractivity contribution in [1.82, 2.24) is 4.90 Å². The number of hydrogen-bond acceptors (Lipinski definition) is 7. The van der Waals surface area contributed by atoms with Crippen LogP contribution in [0.25, 0.3) is 0 Å². The van der Waals surface area contributed by atoms with Crippen LogP contribution >= 0.6 is 23.1 Å². The molecule has 3 rings (SSSR count). The second kappa shape index (κ2) is 10.8. The quantitative estimate of drug-likeness (QED) is 0.461. The van der Waals surface area contributed by atoms with Gasteiger partial charge in [-0.3, -0.25) is 14.5 Å². The SMILES string of the molecule is COC(=O)c1c(NC(=O)CN(C)CC(=O)Nc2ccccc2SC)sc2c1CCCC2. The normalized spacial score (nSPS) is 12.9. The molecule has 0 fully saturated rings. The van der Waals surface area contributed by atoms with E-state index in [1.807, 2.05) is 30.5 Å². The van der Waals surface area contributed by atoms with Crippen LogP contribution < -0.4 is 10.6 Å². The molecule has 0 aliphatic heterocycles. The number of esters is 1. The smallest absolute Gasteiger partial charge is 0.341 e. The third kappa shape index (κ3) is 5.87. The minimum Gasteiger partial charge on any atom is -0.465 e. The Balaban J connectivity index is 1.60. The molecular formula is C22H27N3O4S2. The molecule has 0 atom stereocenters. The first-order valence-corrected chi connectivity index (χ1v) is 12.1. The molecule has 1 aromatic carbocycles. The number of carbonyl (C=O) groups excluding carboxylic acids is 3. The number of nitrogens with one attached hydrogen (secondary N) is 2. The molecule has 7 nitrogen and oxygen atoms in total. The summed E-state index contributed by atoms with van der Waals surface area (Å²) in [5.41, 5.74) is 2.23. The van der Waals surface area contributed by atoms with E-state index >= 15 is 0 Å². The van der Waals surface area contributed by atoms with Crippen LogP contribution in [0, 0.1) is 0 Å². The van der Waals surface area contributed by atoms with Gasteiger partial charge in [-0.05, 0) is 56.7 Å². The summed E-state index contributed by atoms with van der Waals surface area (Å²) < 4.78 is 4.94. The molecule has 0 saturated heterocycles. The number of hydrogen-bond donors (Lipinski definition) is 2. The van der Waals surface area contributed by atoms with E-state index in [4.69, 9.17) is 4.74 Å². The molecule has 2 aromatic rings. The van der Waals surface area contributed by atoms with Crippen molar-refractivity contribution in [3.8, 4) is 0 Å². The number of aryl methyl sites for hydroxylation is 1. The van der Waals surface area contributed by atoms with Gasteiger partial charge in [-0.25, -0.2) is 4.79 Å². The number of rotatable bonds is 8. The molecule has 0 spiro atoms. The van der Waals surface area contributed by atoms with Crippen molar-refractivity contribution in [3.63, 3.8) is 0 Å². The molecule has 166 valence electrons. The number of amides is 2. The van der Waals surface area contributed by atoms with Crippen LogP contribution in [0.2, 0.25) is 0 Å². The summed E-state index contributed by atoms with van der Waals surface area (Å²) >= 11 is 3.00. The highest BCUT2D eigenvalue weighted by Crippen LogP contribution is 2.38. The first kappa shape index (κ1) is 23.3. The molecule has 31 heavy (non-hydrogen) atoms. The number of para-hydroxylation sites is 1. The Hall–Kier alpha value is -2.36. The number of likely N-dealkylation sites (N-methyl/N-ethyl adjacent to an activating group) is 1. The monoisotopic (exact) mass is 461 g/mol. The van der Waals surface area contributed by atoms with E-state index < -0.39 is 5.97 Å². The lowest BCUT2D eigenvalue weighted by molar-refractivity contribution is -0.119. The Bertz CT molecular complexity index is 974. The van der Waals surface area contributed by atoms with Gasteiger partial charge in [0.2, 0.25) is 11.8 Å². The second-order valence-corrected chi connectivity index (χ2v) is 9.33. The average Bonchev–Trinajstić information content (AvgIpc) is 3.10. The van der Waals surface area contributed by atoms with Crippen molar-refractivity contribution in [2.24, 2.45) is 0 Å². The summed E-state index contributed by atoms with van der Waals surface area (Å²) in [6.45, 7) is 0.0989. The fourth-order valence-corrected chi connectivity index (χ4v) is 5.47. The minimum atomic E-state index is -0.421. The fourth-order valence-electron chi connectivity index (χ4n) is 3.62. The Morgan fingerprint density at radius 2 is 1.77 bits per heavy atom. The standard InChI is InChI=1S/C22H27N3O4S2/c1-25(12-18(26)23-15-9-5-7-11-17(15)30-3)13-19(27)24-21-20(22(28)29-2)14-8-4-6-10-16(14)31-21/h5,7,9,11H,4,6,8,10,12-13H2,1-3H3,(H,23,26)(H,24,27). The maximum Gasteiger partial charge on any atom is 0.341 e. The Labute approximate surface area is 190 Å². The van der Waals surface area contributed by atoms with Crippen LogP contribution in [-0.4, -0.2) is 56.2 Å². The van der Waals surface area contributed by atoms with Crippen LogP contribution in [0.15, 0.2) is 29.2 Å². The van der Waals surface area contributed by atoms with Gasteiger partial charge in [-0.1, -0.05) is 12.1 Å². The lowest BCUT2D eigenvalue weighted by Gasteiger charge is -2.17. The highest BCUT2D eigenvalue weighted by molar-refractivity contribution is 7.98. The molecule has 0 saturated carbocycles. The van der Waals surface area contributed by atoms with Gasteiger partial charge in [0.05, 0.1) is 31.5 Å². The maximum absolute atomic E-state index is 12.6. The molecule has 2 N–H and O–H groups in total. The number of benzene rings is 1. The third-order valence-electron chi connectivity index (χ3n) is 5.02. The van der Waals surface area contributed by atoms with E-state index in [1.165, 1.54) is 18.4 Å². The van der Waals surface area contributed by atoms with Gasteiger partial charge in [0.1, 0.15) is 5.00 Å². The predicted octanol–water partition coefficient (Wildman–Crippen LogP) is 3.64. The zero-order chi connectivity index (χ0) is 22.4. The summed E-state index contributed by atoms with van der Waals surface area (Å²) in [4.78, 5) is 41.1. The number of anilines is 2. The number of carbonyl (C=O) groups is 3. The van der Waals surface area contributed by atoms with Crippen LogP contribution in [0.3, 0.4) is 0 Å². The lowest BCUT2D eigenvalue weighted by Crippen LogP contribution is -2.36. The first-order valence-electron chi connectivity index (χ1n) is 10.1. The van der Waals surface area contributed by atoms with Crippen molar-refractivity contribution in [2.75, 3.05) is 44.1 Å². The number of nitrogens with zero attached hydrogens (tertiary/aromatic N) is 1. The van der Waals surface area contributed by atoms with Crippen LogP contribution in [-0.2, 0) is 27.2 Å². The molecule has 0 radical (unpaired) electrons. The third-order valence-corrected chi connectivity index (χ3v) is 7.02. The van der Waals surface area contributed by atoms with Gasteiger partial charge in [0.15, 0.2) is 0 Å². The number of fused-ring (bicyclic) bond motifs is 1. The summed E-state index contributed by atoms with van der Waals surface area (Å²) in [5.74, 6) is -0.892. The zero-order valence-electron chi connectivity index (χ0n) is 17.9. The topological polar surface area (TPSA) is 87.7 Å².